The molecule has 0 atom stereocenters. The lowest BCUT2D eigenvalue weighted by atomic mass is 10.3. The van der Waals surface area contributed by atoms with Gasteiger partial charge >= 0.3 is 0 Å². The van der Waals surface area contributed by atoms with Crippen molar-refractivity contribution in [2.45, 2.75) is 6.92 Å². The summed E-state index contributed by atoms with van der Waals surface area (Å²) in [6, 6.07) is 0. The molecule has 0 aliphatic carbocycles. The van der Waals surface area contributed by atoms with Crippen LogP contribution in [0.25, 0.3) is 6.08 Å². The quantitative estimate of drug-likeness (QED) is 0.616. The van der Waals surface area contributed by atoms with E-state index in [1.54, 1.807) is 18.5 Å². The number of aromatic nitrogens is 2. The summed E-state index contributed by atoms with van der Waals surface area (Å²) in [5.41, 5.74) is 1.11. The smallest absolute Gasteiger partial charge is 0.130 e. The monoisotopic (exact) mass is 134 g/mol. The van der Waals surface area contributed by atoms with Gasteiger partial charge in [-0.15, -0.1) is 0 Å². The van der Waals surface area contributed by atoms with Crippen LogP contribution in [0.5, 0.6) is 0 Å². The second-order valence-corrected chi connectivity index (χ2v) is 2.07. The zero-order chi connectivity index (χ0) is 7.40. The van der Waals surface area contributed by atoms with Crippen molar-refractivity contribution in [1.29, 1.82) is 0 Å². The van der Waals surface area contributed by atoms with Gasteiger partial charge in [-0.05, 0) is 18.6 Å². The number of aromatic amines is 1. The third-order valence-electron chi connectivity index (χ3n) is 1.21. The average Bonchev–Trinajstić information content (AvgIpc) is 2.40. The van der Waals surface area contributed by atoms with E-state index < -0.39 is 0 Å². The number of nitrogens with zero attached hydrogens (tertiary/aromatic N) is 1. The van der Waals surface area contributed by atoms with Crippen LogP contribution in [-0.2, 0) is 0 Å². The first kappa shape index (κ1) is 6.81. The number of hydrogen-bond acceptors (Lipinski definition) is 1. The van der Waals surface area contributed by atoms with Gasteiger partial charge in [0.25, 0.3) is 0 Å². The molecule has 52 valence electrons. The van der Waals surface area contributed by atoms with E-state index in [0.29, 0.717) is 0 Å². The highest BCUT2D eigenvalue weighted by Crippen LogP contribution is 1.99. The molecule has 1 rings (SSSR count). The number of rotatable bonds is 2. The predicted molar refractivity (Wildman–Crippen MR) is 42.4 cm³/mol. The van der Waals surface area contributed by atoms with Crippen molar-refractivity contribution in [3.8, 4) is 0 Å². The first-order chi connectivity index (χ1) is 4.83. The second kappa shape index (κ2) is 3.01. The zero-order valence-electron chi connectivity index (χ0n) is 5.96. The fourth-order valence-corrected chi connectivity index (χ4v) is 0.631. The number of H-pyrrole nitrogens is 1. The summed E-state index contributed by atoms with van der Waals surface area (Å²) in [6.07, 6.45) is 7.25. The van der Waals surface area contributed by atoms with Crippen LogP contribution >= 0.6 is 0 Å². The summed E-state index contributed by atoms with van der Waals surface area (Å²) < 4.78 is 0. The molecule has 10 heavy (non-hydrogen) atoms. The maximum atomic E-state index is 4.02. The Morgan fingerprint density at radius 1 is 1.80 bits per heavy atom. The van der Waals surface area contributed by atoms with Crippen LogP contribution in [0.4, 0.5) is 0 Å². The van der Waals surface area contributed by atoms with Gasteiger partial charge in [0.2, 0.25) is 0 Å². The summed E-state index contributed by atoms with van der Waals surface area (Å²) >= 11 is 0. The fourth-order valence-electron chi connectivity index (χ4n) is 0.631. The van der Waals surface area contributed by atoms with Crippen LogP contribution in [0.15, 0.2) is 30.6 Å². The molecule has 1 N–H and O–H groups in total. The van der Waals surface area contributed by atoms with Gasteiger partial charge in [-0.3, -0.25) is 0 Å². The summed E-state index contributed by atoms with van der Waals surface area (Å²) in [6.45, 7) is 5.61. The lowest BCUT2D eigenvalue weighted by molar-refractivity contribution is 1.26. The molecule has 0 aliphatic rings. The summed E-state index contributed by atoms with van der Waals surface area (Å²) in [4.78, 5) is 6.99. The van der Waals surface area contributed by atoms with Gasteiger partial charge in [0, 0.05) is 12.4 Å². The Hall–Kier alpha value is -1.31. The third kappa shape index (κ3) is 1.58. The standard InChI is InChI=1S/C8H10N2/c1-3-7(2)6-8-9-4-5-10-8/h3-6H,1H2,2H3,(H,9,10)/b7-6-. The van der Waals surface area contributed by atoms with Crippen LogP contribution in [-0.4, -0.2) is 9.97 Å². The molecule has 0 unspecified atom stereocenters. The molecule has 1 heterocycles. The molecule has 0 aliphatic heterocycles. The van der Waals surface area contributed by atoms with E-state index in [0.717, 1.165) is 11.4 Å². The van der Waals surface area contributed by atoms with Gasteiger partial charge in [0.15, 0.2) is 0 Å². The van der Waals surface area contributed by atoms with Gasteiger partial charge in [-0.1, -0.05) is 12.7 Å². The van der Waals surface area contributed by atoms with Crippen molar-refractivity contribution >= 4 is 6.08 Å². The summed E-state index contributed by atoms with van der Waals surface area (Å²) in [5, 5.41) is 0. The molecule has 0 amide bonds. The van der Waals surface area contributed by atoms with Gasteiger partial charge in [0.05, 0.1) is 0 Å². The van der Waals surface area contributed by atoms with E-state index in [2.05, 4.69) is 16.5 Å². The Morgan fingerprint density at radius 3 is 3.10 bits per heavy atom. The highest BCUT2D eigenvalue weighted by molar-refractivity contribution is 5.47. The minimum absolute atomic E-state index is 0.873. The Balaban J connectivity index is 2.80. The van der Waals surface area contributed by atoms with Crippen molar-refractivity contribution in [1.82, 2.24) is 9.97 Å². The molecule has 0 spiro atoms. The molecule has 0 radical (unpaired) electrons. The van der Waals surface area contributed by atoms with E-state index >= 15 is 0 Å². The van der Waals surface area contributed by atoms with Crippen molar-refractivity contribution in [2.24, 2.45) is 0 Å². The van der Waals surface area contributed by atoms with Crippen LogP contribution in [0, 0.1) is 0 Å². The average molecular weight is 134 g/mol. The van der Waals surface area contributed by atoms with Gasteiger partial charge < -0.3 is 4.98 Å². The van der Waals surface area contributed by atoms with E-state index in [9.17, 15) is 0 Å². The van der Waals surface area contributed by atoms with E-state index in [4.69, 9.17) is 0 Å². The Morgan fingerprint density at radius 2 is 2.60 bits per heavy atom. The van der Waals surface area contributed by atoms with E-state index in [-0.39, 0.29) is 0 Å². The summed E-state index contributed by atoms with van der Waals surface area (Å²) in [5.74, 6) is 0.873. The third-order valence-corrected chi connectivity index (χ3v) is 1.21. The Kier molecular flexibility index (Phi) is 2.05. The first-order valence-corrected chi connectivity index (χ1v) is 3.13. The van der Waals surface area contributed by atoms with Crippen LogP contribution in [0.1, 0.15) is 12.7 Å². The number of hydrogen-bond donors (Lipinski definition) is 1. The van der Waals surface area contributed by atoms with Gasteiger partial charge in [-0.2, -0.15) is 0 Å². The molecule has 2 heteroatoms. The normalized spacial score (nSPS) is 11.5. The van der Waals surface area contributed by atoms with Gasteiger partial charge in [-0.25, -0.2) is 4.98 Å². The Bertz CT molecular complexity index is 232. The van der Waals surface area contributed by atoms with Crippen LogP contribution < -0.4 is 0 Å². The van der Waals surface area contributed by atoms with Crippen molar-refractivity contribution in [3.63, 3.8) is 0 Å². The van der Waals surface area contributed by atoms with Crippen LogP contribution in [0.2, 0.25) is 0 Å². The SMILES string of the molecule is C=C/C(C)=C\c1ncc[nH]1. The number of imidazole rings is 1. The summed E-state index contributed by atoms with van der Waals surface area (Å²) in [7, 11) is 0. The highest BCUT2D eigenvalue weighted by Gasteiger charge is 1.86. The highest BCUT2D eigenvalue weighted by atomic mass is 14.9. The van der Waals surface area contributed by atoms with E-state index in [1.807, 2.05) is 13.0 Å². The van der Waals surface area contributed by atoms with Crippen molar-refractivity contribution < 1.29 is 0 Å². The predicted octanol–water partition coefficient (Wildman–Crippen LogP) is 2.00. The fraction of sp³-hybridized carbons (Fsp3) is 0.125. The van der Waals surface area contributed by atoms with Crippen molar-refractivity contribution in [2.75, 3.05) is 0 Å². The largest absolute Gasteiger partial charge is 0.345 e. The molecule has 1 aromatic rings. The molecule has 2 nitrogen and oxygen atoms in total. The first-order valence-electron chi connectivity index (χ1n) is 3.13. The number of nitrogens with one attached hydrogen (secondary N) is 1. The van der Waals surface area contributed by atoms with Crippen molar-refractivity contribution in [3.05, 3.63) is 36.4 Å². The topological polar surface area (TPSA) is 28.7 Å². The molecule has 0 saturated heterocycles. The maximum Gasteiger partial charge on any atom is 0.130 e. The molecular formula is C8H10N2. The molecule has 0 fully saturated rings. The second-order valence-electron chi connectivity index (χ2n) is 2.07. The molecule has 0 bridgehead atoms. The van der Waals surface area contributed by atoms with Crippen LogP contribution in [0.3, 0.4) is 0 Å². The molecule has 0 saturated carbocycles. The molecule has 0 aromatic carbocycles. The zero-order valence-corrected chi connectivity index (χ0v) is 5.96. The molecular weight excluding hydrogens is 124 g/mol. The minimum Gasteiger partial charge on any atom is -0.345 e. The number of allylic oxidation sites excluding steroid dienone is 2. The van der Waals surface area contributed by atoms with E-state index in [1.165, 1.54) is 0 Å². The lowest BCUT2D eigenvalue weighted by Gasteiger charge is -1.86. The Labute approximate surface area is 60.3 Å². The maximum absolute atomic E-state index is 4.02. The minimum atomic E-state index is 0.873. The lowest BCUT2D eigenvalue weighted by Crippen LogP contribution is -1.74. The molecule has 1 aromatic heterocycles. The van der Waals surface area contributed by atoms with Gasteiger partial charge in [0.1, 0.15) is 5.82 Å².